The lowest BCUT2D eigenvalue weighted by Crippen LogP contribution is -2.46. The van der Waals surface area contributed by atoms with Gasteiger partial charge in [0.25, 0.3) is 0 Å². The summed E-state index contributed by atoms with van der Waals surface area (Å²) >= 11 is 0. The van der Waals surface area contributed by atoms with Gasteiger partial charge in [-0.1, -0.05) is 38.1 Å². The van der Waals surface area contributed by atoms with Crippen molar-refractivity contribution in [2.45, 2.75) is 39.2 Å². The summed E-state index contributed by atoms with van der Waals surface area (Å²) in [6, 6.07) is 11.3. The Kier molecular flexibility index (Phi) is 6.22. The van der Waals surface area contributed by atoms with Crippen LogP contribution in [-0.4, -0.2) is 42.5 Å². The molecule has 0 unspecified atom stereocenters. The molecule has 1 fully saturated rings. The number of nitrogens with zero attached hydrogens (tertiary/aromatic N) is 3. The molecule has 114 valence electrons. The zero-order valence-corrected chi connectivity index (χ0v) is 13.4. The summed E-state index contributed by atoms with van der Waals surface area (Å²) in [6.07, 6.45) is 1.69. The maximum Gasteiger partial charge on any atom is 0.0622 e. The molecule has 1 heterocycles. The number of benzene rings is 1. The maximum absolute atomic E-state index is 8.58. The van der Waals surface area contributed by atoms with E-state index in [1.807, 2.05) is 0 Å². The van der Waals surface area contributed by atoms with Crippen molar-refractivity contribution in [1.29, 1.82) is 5.26 Å². The molecule has 0 bridgehead atoms. The van der Waals surface area contributed by atoms with Crippen molar-refractivity contribution in [2.75, 3.05) is 32.7 Å². The molecule has 0 radical (unpaired) electrons. The lowest BCUT2D eigenvalue weighted by atomic mass is 10.0. The lowest BCUT2D eigenvalue weighted by Gasteiger charge is -2.34. The minimum Gasteiger partial charge on any atom is -0.301 e. The standard InChI is InChI=1S/C18H27N3/c1-16(2)18-7-5-17(6-8-18)15-21-13-11-20(12-14-21)10-4-3-9-19/h5-8,16H,3-4,10-15H2,1-2H3. The van der Waals surface area contributed by atoms with E-state index in [9.17, 15) is 0 Å². The lowest BCUT2D eigenvalue weighted by molar-refractivity contribution is 0.126. The Bertz CT molecular complexity index is 450. The monoisotopic (exact) mass is 285 g/mol. The highest BCUT2D eigenvalue weighted by Crippen LogP contribution is 2.16. The molecule has 0 amide bonds. The predicted octanol–water partition coefficient (Wildman–Crippen LogP) is 3.23. The van der Waals surface area contributed by atoms with Crippen LogP contribution in [0.2, 0.25) is 0 Å². The van der Waals surface area contributed by atoms with Gasteiger partial charge in [0.05, 0.1) is 6.07 Å². The Morgan fingerprint density at radius 2 is 1.67 bits per heavy atom. The summed E-state index contributed by atoms with van der Waals surface area (Å²) in [4.78, 5) is 5.01. The first-order valence-electron chi connectivity index (χ1n) is 8.09. The van der Waals surface area contributed by atoms with Gasteiger partial charge in [-0.05, 0) is 30.0 Å². The van der Waals surface area contributed by atoms with Crippen LogP contribution in [0, 0.1) is 11.3 Å². The summed E-state index contributed by atoms with van der Waals surface area (Å²) in [6.45, 7) is 11.2. The average molecular weight is 285 g/mol. The molecule has 0 atom stereocenters. The van der Waals surface area contributed by atoms with Crippen LogP contribution in [0.4, 0.5) is 0 Å². The molecule has 3 heteroatoms. The fraction of sp³-hybridized carbons (Fsp3) is 0.611. The number of piperazine rings is 1. The van der Waals surface area contributed by atoms with Gasteiger partial charge in [0.1, 0.15) is 0 Å². The molecule has 1 aliphatic heterocycles. The minimum absolute atomic E-state index is 0.607. The zero-order chi connectivity index (χ0) is 15.1. The van der Waals surface area contributed by atoms with Gasteiger partial charge in [-0.15, -0.1) is 0 Å². The third kappa shape index (κ3) is 5.15. The van der Waals surface area contributed by atoms with Crippen molar-refractivity contribution in [1.82, 2.24) is 9.80 Å². The van der Waals surface area contributed by atoms with Gasteiger partial charge in [-0.2, -0.15) is 5.26 Å². The number of unbranched alkanes of at least 4 members (excludes halogenated alkanes) is 1. The number of hydrogen-bond donors (Lipinski definition) is 0. The van der Waals surface area contributed by atoms with Crippen molar-refractivity contribution in [3.8, 4) is 6.07 Å². The number of nitriles is 1. The topological polar surface area (TPSA) is 30.3 Å². The largest absolute Gasteiger partial charge is 0.301 e. The van der Waals surface area contributed by atoms with Gasteiger partial charge in [0.15, 0.2) is 0 Å². The van der Waals surface area contributed by atoms with E-state index in [4.69, 9.17) is 5.26 Å². The molecule has 0 N–H and O–H groups in total. The van der Waals surface area contributed by atoms with Crippen molar-refractivity contribution in [2.24, 2.45) is 0 Å². The Morgan fingerprint density at radius 1 is 1.05 bits per heavy atom. The fourth-order valence-electron chi connectivity index (χ4n) is 2.82. The Labute approximate surface area is 129 Å². The van der Waals surface area contributed by atoms with Crippen LogP contribution in [0.1, 0.15) is 43.7 Å². The van der Waals surface area contributed by atoms with Crippen molar-refractivity contribution < 1.29 is 0 Å². The van der Waals surface area contributed by atoms with Crippen LogP contribution in [0.5, 0.6) is 0 Å². The summed E-state index contributed by atoms with van der Waals surface area (Å²) in [5.41, 5.74) is 2.83. The van der Waals surface area contributed by atoms with Crippen LogP contribution in [-0.2, 0) is 6.54 Å². The highest BCUT2D eigenvalue weighted by molar-refractivity contribution is 5.24. The molecular formula is C18H27N3. The van der Waals surface area contributed by atoms with Gasteiger partial charge in [0.2, 0.25) is 0 Å². The van der Waals surface area contributed by atoms with E-state index >= 15 is 0 Å². The maximum atomic E-state index is 8.58. The van der Waals surface area contributed by atoms with Crippen molar-refractivity contribution in [3.63, 3.8) is 0 Å². The molecule has 2 rings (SSSR count). The van der Waals surface area contributed by atoms with Crippen LogP contribution in [0.15, 0.2) is 24.3 Å². The molecule has 1 aliphatic rings. The van der Waals surface area contributed by atoms with Gasteiger partial charge in [-0.25, -0.2) is 0 Å². The van der Waals surface area contributed by atoms with Crippen LogP contribution in [0.25, 0.3) is 0 Å². The van der Waals surface area contributed by atoms with E-state index < -0.39 is 0 Å². The highest BCUT2D eigenvalue weighted by Gasteiger charge is 2.16. The highest BCUT2D eigenvalue weighted by atomic mass is 15.3. The molecule has 21 heavy (non-hydrogen) atoms. The zero-order valence-electron chi connectivity index (χ0n) is 13.4. The third-order valence-electron chi connectivity index (χ3n) is 4.28. The SMILES string of the molecule is CC(C)c1ccc(CN2CCN(CCCC#N)CC2)cc1. The molecule has 1 aromatic carbocycles. The van der Waals surface area contributed by atoms with Gasteiger partial charge < -0.3 is 4.90 Å². The number of hydrogen-bond acceptors (Lipinski definition) is 3. The Balaban J connectivity index is 1.74. The van der Waals surface area contributed by atoms with Crippen molar-refractivity contribution in [3.05, 3.63) is 35.4 Å². The average Bonchev–Trinajstić information content (AvgIpc) is 2.50. The van der Waals surface area contributed by atoms with E-state index in [0.717, 1.165) is 45.7 Å². The van der Waals surface area contributed by atoms with E-state index in [0.29, 0.717) is 12.3 Å². The molecule has 0 spiro atoms. The van der Waals surface area contributed by atoms with E-state index in [2.05, 4.69) is 54.0 Å². The summed E-state index contributed by atoms with van der Waals surface area (Å²) in [5, 5.41) is 8.58. The molecule has 0 aliphatic carbocycles. The van der Waals surface area contributed by atoms with Crippen LogP contribution < -0.4 is 0 Å². The second-order valence-corrected chi connectivity index (χ2v) is 6.28. The Hall–Kier alpha value is -1.37. The normalized spacial score (nSPS) is 17.0. The molecule has 3 nitrogen and oxygen atoms in total. The molecule has 1 saturated heterocycles. The van der Waals surface area contributed by atoms with E-state index in [-0.39, 0.29) is 0 Å². The van der Waals surface area contributed by atoms with Crippen molar-refractivity contribution >= 4 is 0 Å². The molecular weight excluding hydrogens is 258 g/mol. The predicted molar refractivity (Wildman–Crippen MR) is 87.1 cm³/mol. The Morgan fingerprint density at radius 3 is 2.24 bits per heavy atom. The molecule has 0 aromatic heterocycles. The second-order valence-electron chi connectivity index (χ2n) is 6.28. The first-order chi connectivity index (χ1) is 10.2. The quantitative estimate of drug-likeness (QED) is 0.752. The van der Waals surface area contributed by atoms with Crippen LogP contribution in [0.3, 0.4) is 0 Å². The summed E-state index contributed by atoms with van der Waals surface area (Å²) in [7, 11) is 0. The summed E-state index contributed by atoms with van der Waals surface area (Å²) < 4.78 is 0. The van der Waals surface area contributed by atoms with Gasteiger partial charge in [0, 0.05) is 39.1 Å². The van der Waals surface area contributed by atoms with E-state index in [1.165, 1.54) is 11.1 Å². The summed E-state index contributed by atoms with van der Waals surface area (Å²) in [5.74, 6) is 0.607. The molecule has 1 aromatic rings. The smallest absolute Gasteiger partial charge is 0.0622 e. The second kappa shape index (κ2) is 8.17. The fourth-order valence-corrected chi connectivity index (χ4v) is 2.82. The minimum atomic E-state index is 0.607. The number of rotatable bonds is 6. The first-order valence-corrected chi connectivity index (χ1v) is 8.09. The van der Waals surface area contributed by atoms with Gasteiger partial charge in [-0.3, -0.25) is 4.90 Å². The molecule has 0 saturated carbocycles. The van der Waals surface area contributed by atoms with Gasteiger partial charge >= 0.3 is 0 Å². The van der Waals surface area contributed by atoms with Crippen LogP contribution >= 0.6 is 0 Å². The third-order valence-corrected chi connectivity index (χ3v) is 4.28. The first kappa shape index (κ1) is 16.0. The van der Waals surface area contributed by atoms with E-state index in [1.54, 1.807) is 0 Å².